The minimum absolute atomic E-state index is 0.00681. The molecule has 0 saturated heterocycles. The molecule has 0 saturated carbocycles. The Hall–Kier alpha value is -1.22. The Kier molecular flexibility index (Phi) is 20.4. The molecule has 0 radical (unpaired) electrons. The predicted octanol–water partition coefficient (Wildman–Crippen LogP) is 9.39. The summed E-state index contributed by atoms with van der Waals surface area (Å²) in [6, 6.07) is 5.61. The smallest absolute Gasteiger partial charge is 0.123 e. The zero-order chi connectivity index (χ0) is 23.8. The summed E-state index contributed by atoms with van der Waals surface area (Å²) >= 11 is 0. The van der Waals surface area contributed by atoms with Crippen molar-refractivity contribution < 1.29 is 14.6 Å². The second-order valence-corrected chi connectivity index (χ2v) is 9.74. The van der Waals surface area contributed by atoms with Crippen LogP contribution >= 0.6 is 0 Å². The van der Waals surface area contributed by atoms with Crippen molar-refractivity contribution >= 4 is 0 Å². The van der Waals surface area contributed by atoms with Crippen molar-refractivity contribution in [2.45, 2.75) is 142 Å². The Labute approximate surface area is 205 Å². The van der Waals surface area contributed by atoms with Crippen molar-refractivity contribution in [3.63, 3.8) is 0 Å². The highest BCUT2D eigenvalue weighted by molar-refractivity contribution is 5.38. The molecule has 1 rings (SSSR count). The van der Waals surface area contributed by atoms with Gasteiger partial charge in [0.2, 0.25) is 0 Å². The molecule has 1 aromatic rings. The largest absolute Gasteiger partial charge is 0.497 e. The number of methoxy groups -OCH3 is 1. The predicted molar refractivity (Wildman–Crippen MR) is 142 cm³/mol. The van der Waals surface area contributed by atoms with Crippen LogP contribution in [0.25, 0.3) is 0 Å². The number of ether oxygens (including phenoxy) is 2. The first kappa shape index (κ1) is 29.8. The van der Waals surface area contributed by atoms with E-state index in [1.165, 1.54) is 122 Å². The van der Waals surface area contributed by atoms with Crippen LogP contribution in [0.4, 0.5) is 0 Å². The third-order valence-electron chi connectivity index (χ3n) is 6.62. The first-order chi connectivity index (χ1) is 16.3. The molecular formula is C30H54O3. The number of aliphatic hydroxyl groups excluding tert-OH is 1. The molecule has 0 aliphatic carbocycles. The molecule has 1 aromatic carbocycles. The SMILES string of the molecule is CCCCCCCCCCCCCCCCCCCCCCOc1cc(CO)cc(OC)c1. The molecule has 0 fully saturated rings. The average molecular weight is 463 g/mol. The maximum atomic E-state index is 9.32. The summed E-state index contributed by atoms with van der Waals surface area (Å²) < 4.78 is 11.1. The van der Waals surface area contributed by atoms with Crippen LogP contribution in [0.3, 0.4) is 0 Å². The molecule has 0 spiro atoms. The van der Waals surface area contributed by atoms with E-state index >= 15 is 0 Å². The van der Waals surface area contributed by atoms with Gasteiger partial charge in [-0.15, -0.1) is 0 Å². The normalized spacial score (nSPS) is 11.1. The van der Waals surface area contributed by atoms with Gasteiger partial charge in [0.05, 0.1) is 20.3 Å². The molecule has 0 atom stereocenters. The van der Waals surface area contributed by atoms with E-state index in [1.807, 2.05) is 18.2 Å². The Morgan fingerprint density at radius 2 is 0.939 bits per heavy atom. The lowest BCUT2D eigenvalue weighted by atomic mass is 10.0. The van der Waals surface area contributed by atoms with E-state index in [1.54, 1.807) is 7.11 Å². The number of benzene rings is 1. The van der Waals surface area contributed by atoms with E-state index in [0.29, 0.717) is 0 Å². The second kappa shape index (κ2) is 22.6. The lowest BCUT2D eigenvalue weighted by molar-refractivity contribution is 0.276. The van der Waals surface area contributed by atoms with Gasteiger partial charge in [-0.25, -0.2) is 0 Å². The van der Waals surface area contributed by atoms with Gasteiger partial charge in [0.1, 0.15) is 11.5 Å². The van der Waals surface area contributed by atoms with Crippen LogP contribution in [-0.2, 0) is 6.61 Å². The van der Waals surface area contributed by atoms with Crippen LogP contribution in [0.5, 0.6) is 11.5 Å². The second-order valence-electron chi connectivity index (χ2n) is 9.74. The minimum Gasteiger partial charge on any atom is -0.497 e. The number of hydrogen-bond acceptors (Lipinski definition) is 3. The molecule has 0 amide bonds. The Balaban J connectivity index is 1.79. The van der Waals surface area contributed by atoms with E-state index in [-0.39, 0.29) is 6.61 Å². The molecule has 3 heteroatoms. The van der Waals surface area contributed by atoms with Crippen molar-refractivity contribution in [3.05, 3.63) is 23.8 Å². The Bertz CT molecular complexity index is 521. The highest BCUT2D eigenvalue weighted by Gasteiger charge is 2.02. The minimum atomic E-state index is 0.00681. The van der Waals surface area contributed by atoms with Gasteiger partial charge < -0.3 is 14.6 Å². The number of aliphatic hydroxyl groups is 1. The first-order valence-corrected chi connectivity index (χ1v) is 14.2. The van der Waals surface area contributed by atoms with E-state index in [4.69, 9.17) is 9.47 Å². The Morgan fingerprint density at radius 1 is 0.545 bits per heavy atom. The fourth-order valence-electron chi connectivity index (χ4n) is 4.47. The van der Waals surface area contributed by atoms with Crippen molar-refractivity contribution in [1.29, 1.82) is 0 Å². The first-order valence-electron chi connectivity index (χ1n) is 14.2. The summed E-state index contributed by atoms with van der Waals surface area (Å²) in [6.07, 6.45) is 28.0. The van der Waals surface area contributed by atoms with Crippen LogP contribution in [0.15, 0.2) is 18.2 Å². The Morgan fingerprint density at radius 3 is 1.33 bits per heavy atom. The van der Waals surface area contributed by atoms with Gasteiger partial charge in [0.15, 0.2) is 0 Å². The van der Waals surface area contributed by atoms with Crippen molar-refractivity contribution in [2.24, 2.45) is 0 Å². The lowest BCUT2D eigenvalue weighted by Crippen LogP contribution is -1.99. The van der Waals surface area contributed by atoms with Crippen LogP contribution in [0.2, 0.25) is 0 Å². The van der Waals surface area contributed by atoms with Crippen LogP contribution in [0, 0.1) is 0 Å². The molecule has 0 unspecified atom stereocenters. The van der Waals surface area contributed by atoms with Crippen molar-refractivity contribution in [3.8, 4) is 11.5 Å². The zero-order valence-corrected chi connectivity index (χ0v) is 22.1. The average Bonchev–Trinajstić information content (AvgIpc) is 2.84. The van der Waals surface area contributed by atoms with E-state index < -0.39 is 0 Å². The summed E-state index contributed by atoms with van der Waals surface area (Å²) in [4.78, 5) is 0. The van der Waals surface area contributed by atoms with E-state index in [9.17, 15) is 5.11 Å². The number of hydrogen-bond donors (Lipinski definition) is 1. The van der Waals surface area contributed by atoms with Gasteiger partial charge in [0.25, 0.3) is 0 Å². The molecule has 3 nitrogen and oxygen atoms in total. The van der Waals surface area contributed by atoms with Gasteiger partial charge in [-0.3, -0.25) is 0 Å². The molecule has 33 heavy (non-hydrogen) atoms. The molecule has 192 valence electrons. The molecule has 1 N–H and O–H groups in total. The van der Waals surface area contributed by atoms with Crippen LogP contribution in [-0.4, -0.2) is 18.8 Å². The standard InChI is InChI=1S/C30H54O3/c1-3-4-5-6-7-8-9-10-11-12-13-14-15-16-17-18-19-20-21-22-23-33-30-25-28(27-31)24-29(26-30)32-2/h24-26,31H,3-23,27H2,1-2H3. The quantitative estimate of drug-likeness (QED) is 0.155. The highest BCUT2D eigenvalue weighted by atomic mass is 16.5. The van der Waals surface area contributed by atoms with Crippen LogP contribution in [0.1, 0.15) is 141 Å². The van der Waals surface area contributed by atoms with Gasteiger partial charge in [-0.2, -0.15) is 0 Å². The molecule has 0 aliphatic rings. The number of unbranched alkanes of at least 4 members (excludes halogenated alkanes) is 19. The zero-order valence-electron chi connectivity index (χ0n) is 22.1. The summed E-state index contributed by atoms with van der Waals surface area (Å²) in [5.41, 5.74) is 0.827. The summed E-state index contributed by atoms with van der Waals surface area (Å²) in [6.45, 7) is 3.03. The molecule has 0 aliphatic heterocycles. The highest BCUT2D eigenvalue weighted by Crippen LogP contribution is 2.23. The summed E-state index contributed by atoms with van der Waals surface area (Å²) in [5.74, 6) is 1.52. The molecule has 0 heterocycles. The summed E-state index contributed by atoms with van der Waals surface area (Å²) in [7, 11) is 1.64. The molecule has 0 aromatic heterocycles. The van der Waals surface area contributed by atoms with Gasteiger partial charge in [0, 0.05) is 6.07 Å². The maximum Gasteiger partial charge on any atom is 0.123 e. The third-order valence-corrected chi connectivity index (χ3v) is 6.62. The van der Waals surface area contributed by atoms with Crippen LogP contribution < -0.4 is 9.47 Å². The third kappa shape index (κ3) is 17.9. The molecular weight excluding hydrogens is 408 g/mol. The lowest BCUT2D eigenvalue weighted by Gasteiger charge is -2.10. The molecule has 0 bridgehead atoms. The van der Waals surface area contributed by atoms with E-state index in [0.717, 1.165) is 30.1 Å². The van der Waals surface area contributed by atoms with Gasteiger partial charge in [-0.1, -0.05) is 129 Å². The topological polar surface area (TPSA) is 38.7 Å². The fraction of sp³-hybridized carbons (Fsp3) is 0.800. The monoisotopic (exact) mass is 462 g/mol. The van der Waals surface area contributed by atoms with Crippen molar-refractivity contribution in [1.82, 2.24) is 0 Å². The van der Waals surface area contributed by atoms with Crippen molar-refractivity contribution in [2.75, 3.05) is 13.7 Å². The summed E-state index contributed by atoms with van der Waals surface area (Å²) in [5, 5.41) is 9.32. The maximum absolute atomic E-state index is 9.32. The number of rotatable bonds is 24. The van der Waals surface area contributed by atoms with Gasteiger partial charge in [-0.05, 0) is 24.1 Å². The van der Waals surface area contributed by atoms with Gasteiger partial charge >= 0.3 is 0 Å². The fourth-order valence-corrected chi connectivity index (χ4v) is 4.47. The van der Waals surface area contributed by atoms with E-state index in [2.05, 4.69) is 6.92 Å².